The molecule has 0 unspecified atom stereocenters. The molecule has 142 valence electrons. The third-order valence-corrected chi connectivity index (χ3v) is 3.94. The Labute approximate surface area is 159 Å². The Morgan fingerprint density at radius 3 is 2.46 bits per heavy atom. The van der Waals surface area contributed by atoms with Crippen molar-refractivity contribution in [2.24, 2.45) is 21.7 Å². The van der Waals surface area contributed by atoms with Gasteiger partial charge in [-0.05, 0) is 36.8 Å². The van der Waals surface area contributed by atoms with Gasteiger partial charge in [-0.2, -0.15) is 5.10 Å². The number of amides is 1. The molecule has 1 aromatic heterocycles. The number of fused-ring (bicyclic) bond motifs is 1. The standard InChI is InChI=1S/C18H17N7O3/c1-10(23-24-18(19)20)11-2-4-13(5-3-11)21-17(26)16-9-12-8-14(25(27)28)6-7-15(12)22-16/h2-9,22H,1H3,(H,21,26)(H4,19,20,24)/b23-10-. The Bertz CT molecular complexity index is 1110. The molecule has 0 bridgehead atoms. The molecule has 0 aliphatic heterocycles. The fourth-order valence-electron chi connectivity index (χ4n) is 2.54. The lowest BCUT2D eigenvalue weighted by atomic mass is 10.1. The number of anilines is 1. The SMILES string of the molecule is C/C(=N/N=C(N)N)c1ccc(NC(=O)c2cc3cc([N+](=O)[O-])ccc3[nH]2)cc1. The van der Waals surface area contributed by atoms with Crippen LogP contribution in [0.2, 0.25) is 0 Å². The van der Waals surface area contributed by atoms with E-state index in [2.05, 4.69) is 20.5 Å². The van der Waals surface area contributed by atoms with Gasteiger partial charge in [0.05, 0.1) is 10.6 Å². The van der Waals surface area contributed by atoms with E-state index in [4.69, 9.17) is 11.5 Å². The van der Waals surface area contributed by atoms with Crippen LogP contribution in [0, 0.1) is 10.1 Å². The lowest BCUT2D eigenvalue weighted by Crippen LogP contribution is -2.22. The third kappa shape index (κ3) is 4.12. The zero-order valence-corrected chi connectivity index (χ0v) is 14.8. The average molecular weight is 379 g/mol. The number of guanidine groups is 1. The fourth-order valence-corrected chi connectivity index (χ4v) is 2.54. The van der Waals surface area contributed by atoms with Crippen molar-refractivity contribution in [3.05, 3.63) is 69.9 Å². The summed E-state index contributed by atoms with van der Waals surface area (Å²) in [5.74, 6) is -0.496. The van der Waals surface area contributed by atoms with E-state index in [1.165, 1.54) is 12.1 Å². The van der Waals surface area contributed by atoms with Crippen LogP contribution in [0.25, 0.3) is 10.9 Å². The van der Waals surface area contributed by atoms with Crippen molar-refractivity contribution in [1.82, 2.24) is 4.98 Å². The number of non-ortho nitro benzene ring substituents is 1. The van der Waals surface area contributed by atoms with Crippen molar-refractivity contribution < 1.29 is 9.72 Å². The first-order chi connectivity index (χ1) is 13.3. The molecule has 0 spiro atoms. The van der Waals surface area contributed by atoms with Gasteiger partial charge < -0.3 is 21.8 Å². The molecule has 0 aliphatic rings. The highest BCUT2D eigenvalue weighted by Gasteiger charge is 2.13. The summed E-state index contributed by atoms with van der Waals surface area (Å²) in [7, 11) is 0. The number of H-pyrrole nitrogens is 1. The van der Waals surface area contributed by atoms with Gasteiger partial charge in [0.25, 0.3) is 11.6 Å². The Balaban J connectivity index is 1.76. The molecule has 10 nitrogen and oxygen atoms in total. The third-order valence-electron chi connectivity index (χ3n) is 3.94. The van der Waals surface area contributed by atoms with Crippen LogP contribution in [-0.2, 0) is 0 Å². The summed E-state index contributed by atoms with van der Waals surface area (Å²) in [5.41, 5.74) is 13.4. The van der Waals surface area contributed by atoms with Crippen molar-refractivity contribution in [3.8, 4) is 0 Å². The van der Waals surface area contributed by atoms with E-state index in [-0.39, 0.29) is 17.6 Å². The van der Waals surface area contributed by atoms with E-state index in [0.29, 0.717) is 28.0 Å². The number of rotatable bonds is 5. The summed E-state index contributed by atoms with van der Waals surface area (Å²) in [6.07, 6.45) is 0. The first-order valence-electron chi connectivity index (χ1n) is 8.15. The largest absolute Gasteiger partial charge is 0.369 e. The van der Waals surface area contributed by atoms with Gasteiger partial charge in [-0.25, -0.2) is 0 Å². The Morgan fingerprint density at radius 1 is 1.11 bits per heavy atom. The Morgan fingerprint density at radius 2 is 1.82 bits per heavy atom. The molecule has 10 heteroatoms. The molecule has 0 fully saturated rings. The number of nitrogens with one attached hydrogen (secondary N) is 2. The van der Waals surface area contributed by atoms with Gasteiger partial charge in [-0.3, -0.25) is 14.9 Å². The first kappa shape index (κ1) is 18.6. The van der Waals surface area contributed by atoms with E-state index in [1.54, 1.807) is 43.3 Å². The minimum Gasteiger partial charge on any atom is -0.369 e. The second kappa shape index (κ2) is 7.58. The van der Waals surface area contributed by atoms with Crippen LogP contribution in [-0.4, -0.2) is 27.5 Å². The molecule has 1 amide bonds. The lowest BCUT2D eigenvalue weighted by molar-refractivity contribution is -0.384. The number of aromatic amines is 1. The van der Waals surface area contributed by atoms with Crippen LogP contribution in [0.15, 0.2) is 58.7 Å². The normalized spacial score (nSPS) is 11.2. The summed E-state index contributed by atoms with van der Waals surface area (Å²) >= 11 is 0. The van der Waals surface area contributed by atoms with E-state index in [1.807, 2.05) is 0 Å². The van der Waals surface area contributed by atoms with Crippen LogP contribution in [0.5, 0.6) is 0 Å². The minimum absolute atomic E-state index is 0.0354. The second-order valence-electron chi connectivity index (χ2n) is 5.95. The Hall–Kier alpha value is -4.21. The van der Waals surface area contributed by atoms with Crippen LogP contribution in [0.4, 0.5) is 11.4 Å². The summed E-state index contributed by atoms with van der Waals surface area (Å²) in [6.45, 7) is 1.75. The van der Waals surface area contributed by atoms with Crippen molar-refractivity contribution in [1.29, 1.82) is 0 Å². The number of carbonyl (C=O) groups is 1. The maximum absolute atomic E-state index is 12.5. The molecule has 28 heavy (non-hydrogen) atoms. The molecule has 0 atom stereocenters. The summed E-state index contributed by atoms with van der Waals surface area (Å²) in [6, 6.07) is 12.9. The van der Waals surface area contributed by atoms with Gasteiger partial charge in [-0.1, -0.05) is 12.1 Å². The number of hydrogen-bond acceptors (Lipinski definition) is 5. The summed E-state index contributed by atoms with van der Waals surface area (Å²) in [4.78, 5) is 25.8. The lowest BCUT2D eigenvalue weighted by Gasteiger charge is -2.05. The quantitative estimate of drug-likeness (QED) is 0.231. The first-order valence-corrected chi connectivity index (χ1v) is 8.15. The topological polar surface area (TPSA) is 165 Å². The molecule has 0 aliphatic carbocycles. The van der Waals surface area contributed by atoms with Gasteiger partial charge in [0, 0.05) is 28.7 Å². The molecule has 1 heterocycles. The van der Waals surface area contributed by atoms with Gasteiger partial charge >= 0.3 is 0 Å². The minimum atomic E-state index is -0.480. The van der Waals surface area contributed by atoms with Crippen LogP contribution < -0.4 is 16.8 Å². The van der Waals surface area contributed by atoms with Crippen LogP contribution in [0.3, 0.4) is 0 Å². The highest BCUT2D eigenvalue weighted by atomic mass is 16.6. The van der Waals surface area contributed by atoms with Crippen molar-refractivity contribution in [2.45, 2.75) is 6.92 Å². The van der Waals surface area contributed by atoms with Crippen molar-refractivity contribution in [3.63, 3.8) is 0 Å². The van der Waals surface area contributed by atoms with Crippen LogP contribution in [0.1, 0.15) is 23.0 Å². The molecule has 3 aromatic rings. The van der Waals surface area contributed by atoms with Gasteiger partial charge in [-0.15, -0.1) is 5.10 Å². The van der Waals surface area contributed by atoms with E-state index < -0.39 is 4.92 Å². The molecule has 2 aromatic carbocycles. The summed E-state index contributed by atoms with van der Waals surface area (Å²) < 4.78 is 0. The zero-order valence-electron chi connectivity index (χ0n) is 14.8. The number of nitro groups is 1. The van der Waals surface area contributed by atoms with E-state index in [0.717, 1.165) is 5.56 Å². The van der Waals surface area contributed by atoms with Gasteiger partial charge in [0.15, 0.2) is 0 Å². The molecule has 3 rings (SSSR count). The smallest absolute Gasteiger partial charge is 0.272 e. The molecule has 0 radical (unpaired) electrons. The molecule has 0 saturated carbocycles. The van der Waals surface area contributed by atoms with Crippen LogP contribution >= 0.6 is 0 Å². The Kier molecular flexibility index (Phi) is 5.03. The maximum Gasteiger partial charge on any atom is 0.272 e. The van der Waals surface area contributed by atoms with Gasteiger partial charge in [0.2, 0.25) is 5.96 Å². The van der Waals surface area contributed by atoms with E-state index in [9.17, 15) is 14.9 Å². The fraction of sp³-hybridized carbons (Fsp3) is 0.0556. The highest BCUT2D eigenvalue weighted by molar-refractivity contribution is 6.06. The number of carbonyl (C=O) groups excluding carboxylic acids is 1. The number of aromatic nitrogens is 1. The van der Waals surface area contributed by atoms with Crippen molar-refractivity contribution >= 4 is 39.9 Å². The number of benzene rings is 2. The number of hydrogen-bond donors (Lipinski definition) is 4. The predicted octanol–water partition coefficient (Wildman–Crippen LogP) is 2.33. The number of nitro benzene ring substituents is 1. The highest BCUT2D eigenvalue weighted by Crippen LogP contribution is 2.22. The maximum atomic E-state index is 12.5. The monoisotopic (exact) mass is 379 g/mol. The van der Waals surface area contributed by atoms with Gasteiger partial charge in [0.1, 0.15) is 5.69 Å². The number of nitrogens with zero attached hydrogens (tertiary/aromatic N) is 3. The zero-order chi connectivity index (χ0) is 20.3. The molecule has 6 N–H and O–H groups in total. The molecular formula is C18H17N7O3. The number of nitrogens with two attached hydrogens (primary N) is 2. The second-order valence-corrected chi connectivity index (χ2v) is 5.95. The molecular weight excluding hydrogens is 362 g/mol. The molecule has 0 saturated heterocycles. The predicted molar refractivity (Wildman–Crippen MR) is 107 cm³/mol. The van der Waals surface area contributed by atoms with Crippen molar-refractivity contribution in [2.75, 3.05) is 5.32 Å². The summed E-state index contributed by atoms with van der Waals surface area (Å²) in [5, 5.41) is 21.7. The van der Waals surface area contributed by atoms with E-state index >= 15 is 0 Å². The average Bonchev–Trinajstić information content (AvgIpc) is 3.10.